The maximum absolute atomic E-state index is 13.1. The van der Waals surface area contributed by atoms with Gasteiger partial charge in [0, 0.05) is 16.7 Å². The van der Waals surface area contributed by atoms with Crippen LogP contribution in [-0.2, 0) is 10.0 Å². The first-order valence-electron chi connectivity index (χ1n) is 9.87. The summed E-state index contributed by atoms with van der Waals surface area (Å²) >= 11 is 0. The van der Waals surface area contributed by atoms with E-state index in [1.165, 1.54) is 4.31 Å². The molecule has 1 amide bonds. The third-order valence-electron chi connectivity index (χ3n) is 5.00. The second-order valence-electron chi connectivity index (χ2n) is 6.94. The normalized spacial score (nSPS) is 13.6. The fourth-order valence-electron chi connectivity index (χ4n) is 3.63. The van der Waals surface area contributed by atoms with Crippen molar-refractivity contribution in [3.05, 3.63) is 84.9 Å². The van der Waals surface area contributed by atoms with Crippen molar-refractivity contribution >= 4 is 27.3 Å². The van der Waals surface area contributed by atoms with Crippen LogP contribution in [-0.4, -0.2) is 27.5 Å². The van der Waals surface area contributed by atoms with Gasteiger partial charge < -0.3 is 10.1 Å². The fraction of sp³-hybridized carbons (Fsp3) is 0.125. The molecule has 3 aromatic carbocycles. The number of benzene rings is 3. The standard InChI is InChI=1S/C24H22N2O4S/c1-3-15-26-21-14-13-17(24(27)25-20-10-6-7-11-22(20)30-4-2)16-19(21)18-9-5-8-12-23(18)31(26,28)29/h3,5-14,16H,1,4,15H2,2H3,(H,25,27). The van der Waals surface area contributed by atoms with Crippen molar-refractivity contribution in [1.29, 1.82) is 0 Å². The number of hydrogen-bond acceptors (Lipinski definition) is 4. The van der Waals surface area contributed by atoms with Gasteiger partial charge in [-0.25, -0.2) is 8.42 Å². The van der Waals surface area contributed by atoms with Gasteiger partial charge >= 0.3 is 0 Å². The van der Waals surface area contributed by atoms with E-state index in [1.807, 2.05) is 19.1 Å². The molecule has 0 saturated carbocycles. The molecular weight excluding hydrogens is 412 g/mol. The molecule has 0 unspecified atom stereocenters. The van der Waals surface area contributed by atoms with Gasteiger partial charge in [0.2, 0.25) is 0 Å². The van der Waals surface area contributed by atoms with E-state index >= 15 is 0 Å². The predicted octanol–water partition coefficient (Wildman–Crippen LogP) is 4.70. The largest absolute Gasteiger partial charge is 0.492 e. The molecule has 7 heteroatoms. The molecule has 1 aliphatic heterocycles. The number of carbonyl (C=O) groups is 1. The number of ether oxygens (including phenoxy) is 1. The minimum atomic E-state index is -3.71. The Morgan fingerprint density at radius 3 is 2.58 bits per heavy atom. The van der Waals surface area contributed by atoms with Crippen molar-refractivity contribution in [1.82, 2.24) is 0 Å². The van der Waals surface area contributed by atoms with Crippen LogP contribution in [0.3, 0.4) is 0 Å². The van der Waals surface area contributed by atoms with Crippen molar-refractivity contribution in [2.45, 2.75) is 11.8 Å². The number of carbonyl (C=O) groups excluding carboxylic acids is 1. The monoisotopic (exact) mass is 434 g/mol. The van der Waals surface area contributed by atoms with E-state index in [4.69, 9.17) is 4.74 Å². The number of amides is 1. The lowest BCUT2D eigenvalue weighted by molar-refractivity contribution is 0.102. The zero-order valence-electron chi connectivity index (χ0n) is 17.0. The molecule has 1 heterocycles. The molecule has 0 aromatic heterocycles. The van der Waals surface area contributed by atoms with E-state index in [0.29, 0.717) is 40.4 Å². The van der Waals surface area contributed by atoms with E-state index in [0.717, 1.165) is 0 Å². The third kappa shape index (κ3) is 3.68. The van der Waals surface area contributed by atoms with E-state index in [1.54, 1.807) is 60.7 Å². The van der Waals surface area contributed by atoms with Crippen molar-refractivity contribution in [2.24, 2.45) is 0 Å². The Kier molecular flexibility index (Phi) is 5.52. The van der Waals surface area contributed by atoms with Gasteiger partial charge in [-0.3, -0.25) is 9.10 Å². The van der Waals surface area contributed by atoms with Crippen LogP contribution in [0.1, 0.15) is 17.3 Å². The second kappa shape index (κ2) is 8.28. The summed E-state index contributed by atoms with van der Waals surface area (Å²) in [5, 5.41) is 2.88. The smallest absolute Gasteiger partial charge is 0.265 e. The van der Waals surface area contributed by atoms with Crippen LogP contribution in [0, 0.1) is 0 Å². The Labute approximate surface area is 181 Å². The van der Waals surface area contributed by atoms with Crippen molar-refractivity contribution in [2.75, 3.05) is 22.8 Å². The Morgan fingerprint density at radius 1 is 1.06 bits per heavy atom. The van der Waals surface area contributed by atoms with E-state index in [2.05, 4.69) is 11.9 Å². The highest BCUT2D eigenvalue weighted by Gasteiger charge is 2.34. The average Bonchev–Trinajstić information content (AvgIpc) is 2.78. The minimum absolute atomic E-state index is 0.136. The van der Waals surface area contributed by atoms with Gasteiger partial charge in [0.05, 0.1) is 29.4 Å². The third-order valence-corrected chi connectivity index (χ3v) is 6.84. The number of nitrogens with one attached hydrogen (secondary N) is 1. The Balaban J connectivity index is 1.77. The lowest BCUT2D eigenvalue weighted by Crippen LogP contribution is -2.34. The van der Waals surface area contributed by atoms with E-state index < -0.39 is 10.0 Å². The molecule has 0 radical (unpaired) electrons. The molecule has 31 heavy (non-hydrogen) atoms. The molecule has 0 aliphatic carbocycles. The molecule has 0 saturated heterocycles. The summed E-state index contributed by atoms with van der Waals surface area (Å²) in [7, 11) is -3.71. The number of sulfonamides is 1. The molecule has 1 N–H and O–H groups in total. The van der Waals surface area contributed by atoms with Crippen LogP contribution in [0.25, 0.3) is 11.1 Å². The zero-order valence-corrected chi connectivity index (χ0v) is 17.9. The SMILES string of the molecule is C=CCN1c2ccc(C(=O)Nc3ccccc3OCC)cc2-c2ccccc2S1(=O)=O. The number of hydrogen-bond donors (Lipinski definition) is 1. The summed E-state index contributed by atoms with van der Waals surface area (Å²) in [6.07, 6.45) is 1.54. The second-order valence-corrected chi connectivity index (χ2v) is 8.77. The Hall–Kier alpha value is -3.58. The summed E-state index contributed by atoms with van der Waals surface area (Å²) in [6.45, 7) is 6.18. The number of para-hydroxylation sites is 2. The molecule has 6 nitrogen and oxygen atoms in total. The van der Waals surface area contributed by atoms with Crippen LogP contribution in [0.5, 0.6) is 5.75 Å². The number of anilines is 2. The quantitative estimate of drug-likeness (QED) is 0.571. The summed E-state index contributed by atoms with van der Waals surface area (Å²) in [5.74, 6) is 0.279. The highest BCUT2D eigenvalue weighted by molar-refractivity contribution is 7.93. The summed E-state index contributed by atoms with van der Waals surface area (Å²) in [5.41, 5.74) is 2.76. The predicted molar refractivity (Wildman–Crippen MR) is 122 cm³/mol. The van der Waals surface area contributed by atoms with Gasteiger partial charge in [-0.2, -0.15) is 0 Å². The lowest BCUT2D eigenvalue weighted by atomic mass is 10.00. The first-order valence-corrected chi connectivity index (χ1v) is 11.3. The molecule has 0 fully saturated rings. The number of rotatable bonds is 6. The Bertz CT molecular complexity index is 1270. The maximum atomic E-state index is 13.1. The van der Waals surface area contributed by atoms with E-state index in [-0.39, 0.29) is 17.3 Å². The van der Waals surface area contributed by atoms with Gasteiger partial charge in [0.1, 0.15) is 5.75 Å². The molecule has 4 rings (SSSR count). The topological polar surface area (TPSA) is 75.7 Å². The van der Waals surface area contributed by atoms with Gasteiger partial charge in [0.15, 0.2) is 0 Å². The summed E-state index contributed by atoms with van der Waals surface area (Å²) < 4.78 is 33.1. The van der Waals surface area contributed by atoms with Gasteiger partial charge in [-0.15, -0.1) is 6.58 Å². The molecule has 158 valence electrons. The van der Waals surface area contributed by atoms with Crippen molar-refractivity contribution in [3.63, 3.8) is 0 Å². The zero-order chi connectivity index (χ0) is 22.0. The van der Waals surface area contributed by atoms with Crippen LogP contribution < -0.4 is 14.4 Å². The fourth-order valence-corrected chi connectivity index (χ4v) is 5.30. The summed E-state index contributed by atoms with van der Waals surface area (Å²) in [6, 6.07) is 19.0. The molecule has 3 aromatic rings. The van der Waals surface area contributed by atoms with Crippen LogP contribution in [0.15, 0.2) is 84.3 Å². The average molecular weight is 435 g/mol. The molecular formula is C24H22N2O4S. The van der Waals surface area contributed by atoms with Gasteiger partial charge in [-0.05, 0) is 43.3 Å². The minimum Gasteiger partial charge on any atom is -0.492 e. The molecule has 0 bridgehead atoms. The van der Waals surface area contributed by atoms with Crippen molar-refractivity contribution in [3.8, 4) is 16.9 Å². The van der Waals surface area contributed by atoms with Gasteiger partial charge in [-0.1, -0.05) is 36.4 Å². The number of nitrogens with zero attached hydrogens (tertiary/aromatic N) is 1. The van der Waals surface area contributed by atoms with Gasteiger partial charge in [0.25, 0.3) is 15.9 Å². The maximum Gasteiger partial charge on any atom is 0.265 e. The van der Waals surface area contributed by atoms with Crippen LogP contribution in [0.4, 0.5) is 11.4 Å². The molecule has 1 aliphatic rings. The first kappa shape index (κ1) is 20.7. The first-order chi connectivity index (χ1) is 15.0. The highest BCUT2D eigenvalue weighted by atomic mass is 32.2. The van der Waals surface area contributed by atoms with Crippen LogP contribution in [0.2, 0.25) is 0 Å². The highest BCUT2D eigenvalue weighted by Crippen LogP contribution is 2.43. The summed E-state index contributed by atoms with van der Waals surface area (Å²) in [4.78, 5) is 13.2. The molecule has 0 atom stereocenters. The lowest BCUT2D eigenvalue weighted by Gasteiger charge is -2.31. The van der Waals surface area contributed by atoms with Crippen molar-refractivity contribution < 1.29 is 17.9 Å². The Morgan fingerprint density at radius 2 is 1.81 bits per heavy atom. The molecule has 0 spiro atoms. The number of fused-ring (bicyclic) bond motifs is 3. The van der Waals surface area contributed by atoms with E-state index in [9.17, 15) is 13.2 Å². The van der Waals surface area contributed by atoms with Crippen LogP contribution >= 0.6 is 0 Å².